The number of rotatable bonds is 5. The van der Waals surface area contributed by atoms with Gasteiger partial charge in [-0.05, 0) is 60.1 Å². The highest BCUT2D eigenvalue weighted by Gasteiger charge is 2.18. The minimum Gasteiger partial charge on any atom is -0.496 e. The zero-order chi connectivity index (χ0) is 20.3. The number of nitrogens with one attached hydrogen (secondary N) is 2. The molecule has 28 heavy (non-hydrogen) atoms. The number of carbonyl (C=O) groups is 1. The molecule has 1 heterocycles. The van der Waals surface area contributed by atoms with E-state index in [1.807, 2.05) is 16.8 Å². The van der Waals surface area contributed by atoms with E-state index >= 15 is 0 Å². The van der Waals surface area contributed by atoms with Gasteiger partial charge in [-0.3, -0.25) is 4.68 Å². The van der Waals surface area contributed by atoms with E-state index in [0.29, 0.717) is 22.1 Å². The average Bonchev–Trinajstić information content (AvgIpc) is 3.05. The van der Waals surface area contributed by atoms with E-state index in [-0.39, 0.29) is 12.1 Å². The topological polar surface area (TPSA) is 68.2 Å². The van der Waals surface area contributed by atoms with E-state index < -0.39 is 0 Å². The summed E-state index contributed by atoms with van der Waals surface area (Å²) in [5.74, 6) is 0.681. The van der Waals surface area contributed by atoms with Gasteiger partial charge in [0.1, 0.15) is 5.75 Å². The zero-order valence-corrected chi connectivity index (χ0v) is 18.0. The number of urea groups is 1. The van der Waals surface area contributed by atoms with E-state index in [0.717, 1.165) is 15.7 Å². The number of carbonyl (C=O) groups excluding carboxylic acids is 1. The molecule has 2 N–H and O–H groups in total. The second-order valence-corrected chi connectivity index (χ2v) is 7.62. The van der Waals surface area contributed by atoms with Crippen molar-refractivity contribution in [2.75, 3.05) is 17.7 Å². The minimum atomic E-state index is -0.388. The molecule has 0 radical (unpaired) electrons. The summed E-state index contributed by atoms with van der Waals surface area (Å²) in [5.41, 5.74) is 2.85. The molecule has 3 aromatic rings. The summed E-state index contributed by atoms with van der Waals surface area (Å²) < 4.78 is 8.27. The first-order chi connectivity index (χ1) is 13.4. The number of benzene rings is 2. The van der Waals surface area contributed by atoms with Crippen molar-refractivity contribution in [1.82, 2.24) is 9.78 Å². The maximum absolute atomic E-state index is 12.4. The molecule has 0 atom stereocenters. The van der Waals surface area contributed by atoms with Crippen LogP contribution in [-0.2, 0) is 0 Å². The Morgan fingerprint density at radius 1 is 1.21 bits per heavy atom. The molecule has 0 saturated heterocycles. The molecule has 2 amide bonds. The highest BCUT2D eigenvalue weighted by atomic mass is 79.9. The number of halogens is 2. The number of aromatic nitrogens is 2. The third-order valence-corrected chi connectivity index (χ3v) is 4.98. The minimum absolute atomic E-state index is 0.158. The van der Waals surface area contributed by atoms with Gasteiger partial charge in [-0.2, -0.15) is 5.10 Å². The number of para-hydroxylation sites is 1. The Labute approximate surface area is 177 Å². The fourth-order valence-electron chi connectivity index (χ4n) is 2.80. The van der Waals surface area contributed by atoms with Crippen LogP contribution in [0.4, 0.5) is 16.2 Å². The van der Waals surface area contributed by atoms with Crippen LogP contribution in [0, 0.1) is 0 Å². The molecule has 8 heteroatoms. The van der Waals surface area contributed by atoms with Crippen LogP contribution >= 0.6 is 27.5 Å². The molecule has 0 aliphatic rings. The Hall–Kier alpha value is -2.51. The molecule has 0 saturated carbocycles. The van der Waals surface area contributed by atoms with Crippen molar-refractivity contribution in [3.8, 4) is 17.0 Å². The van der Waals surface area contributed by atoms with Crippen LogP contribution in [0.1, 0.15) is 19.9 Å². The number of hydrogen-bond acceptors (Lipinski definition) is 3. The van der Waals surface area contributed by atoms with E-state index in [4.69, 9.17) is 16.3 Å². The lowest BCUT2D eigenvalue weighted by molar-refractivity contribution is 0.262. The summed E-state index contributed by atoms with van der Waals surface area (Å²) in [6.07, 6.45) is 1.75. The van der Waals surface area contributed by atoms with Crippen molar-refractivity contribution >= 4 is 44.9 Å². The first kappa shape index (κ1) is 20.2. The molecule has 0 spiro atoms. The lowest BCUT2D eigenvalue weighted by atomic mass is 10.1. The van der Waals surface area contributed by atoms with Gasteiger partial charge < -0.3 is 15.4 Å². The molecular formula is C20H20BrClN4O2. The molecule has 0 unspecified atom stereocenters. The molecule has 6 nitrogen and oxygen atoms in total. The molecule has 0 aliphatic heterocycles. The van der Waals surface area contributed by atoms with E-state index in [2.05, 4.69) is 45.5 Å². The van der Waals surface area contributed by atoms with Crippen LogP contribution in [0.2, 0.25) is 5.02 Å². The van der Waals surface area contributed by atoms with Gasteiger partial charge in [-0.25, -0.2) is 4.79 Å². The molecule has 0 bridgehead atoms. The van der Waals surface area contributed by atoms with E-state index in [1.165, 1.54) is 0 Å². The van der Waals surface area contributed by atoms with Gasteiger partial charge in [-0.15, -0.1) is 0 Å². The van der Waals surface area contributed by atoms with Crippen molar-refractivity contribution in [1.29, 1.82) is 0 Å². The van der Waals surface area contributed by atoms with Crippen molar-refractivity contribution in [3.63, 3.8) is 0 Å². The zero-order valence-electron chi connectivity index (χ0n) is 15.7. The number of hydrogen-bond donors (Lipinski definition) is 2. The highest BCUT2D eigenvalue weighted by Crippen LogP contribution is 2.38. The van der Waals surface area contributed by atoms with Gasteiger partial charge in [0.05, 0.1) is 34.2 Å². The Morgan fingerprint density at radius 2 is 1.96 bits per heavy atom. The molecule has 146 valence electrons. The first-order valence-corrected chi connectivity index (χ1v) is 9.81. The van der Waals surface area contributed by atoms with Crippen molar-refractivity contribution in [2.24, 2.45) is 0 Å². The molecule has 3 rings (SSSR count). The standard InChI is InChI=1S/C20H20BrClN4O2/c1-12(2)26-19(15(21)11-23-26)14-10-13(8-9-18(14)28-3)24-20(27)25-17-7-5-4-6-16(17)22/h4-12H,1-3H3,(H2,24,25,27). The fraction of sp³-hybridized carbons (Fsp3) is 0.200. The molecule has 1 aromatic heterocycles. The van der Waals surface area contributed by atoms with Crippen LogP contribution in [0.25, 0.3) is 11.3 Å². The highest BCUT2D eigenvalue weighted by molar-refractivity contribution is 9.10. The summed E-state index contributed by atoms with van der Waals surface area (Å²) >= 11 is 9.65. The smallest absolute Gasteiger partial charge is 0.323 e. The van der Waals surface area contributed by atoms with Crippen molar-refractivity contribution < 1.29 is 9.53 Å². The Bertz CT molecular complexity index is 1000. The quantitative estimate of drug-likeness (QED) is 0.473. The van der Waals surface area contributed by atoms with Crippen LogP contribution in [-0.4, -0.2) is 22.9 Å². The van der Waals surface area contributed by atoms with E-state index in [1.54, 1.807) is 43.6 Å². The third-order valence-electron chi connectivity index (χ3n) is 4.07. The van der Waals surface area contributed by atoms with Crippen LogP contribution in [0.5, 0.6) is 5.75 Å². The predicted molar refractivity (Wildman–Crippen MR) is 116 cm³/mol. The number of amides is 2. The largest absolute Gasteiger partial charge is 0.496 e. The molecule has 0 aliphatic carbocycles. The Morgan fingerprint density at radius 3 is 2.64 bits per heavy atom. The SMILES string of the molecule is COc1ccc(NC(=O)Nc2ccccc2Cl)cc1-c1c(Br)cnn1C(C)C. The van der Waals surface area contributed by atoms with Gasteiger partial charge in [-0.1, -0.05) is 23.7 Å². The van der Waals surface area contributed by atoms with E-state index in [9.17, 15) is 4.79 Å². The van der Waals surface area contributed by atoms with Crippen LogP contribution < -0.4 is 15.4 Å². The molecular weight excluding hydrogens is 444 g/mol. The number of methoxy groups -OCH3 is 1. The maximum atomic E-state index is 12.4. The Balaban J connectivity index is 1.91. The summed E-state index contributed by atoms with van der Waals surface area (Å²) in [6.45, 7) is 4.10. The normalized spacial score (nSPS) is 10.8. The van der Waals surface area contributed by atoms with Crippen molar-refractivity contribution in [2.45, 2.75) is 19.9 Å². The van der Waals surface area contributed by atoms with Gasteiger partial charge >= 0.3 is 6.03 Å². The second-order valence-electron chi connectivity index (χ2n) is 6.35. The third kappa shape index (κ3) is 4.31. The average molecular weight is 464 g/mol. The lowest BCUT2D eigenvalue weighted by Crippen LogP contribution is -2.19. The maximum Gasteiger partial charge on any atom is 0.323 e. The monoisotopic (exact) mass is 462 g/mol. The van der Waals surface area contributed by atoms with Crippen LogP contribution in [0.3, 0.4) is 0 Å². The second kappa shape index (κ2) is 8.67. The van der Waals surface area contributed by atoms with Crippen molar-refractivity contribution in [3.05, 3.63) is 58.2 Å². The predicted octanol–water partition coefficient (Wildman–Crippen LogP) is 6.20. The summed E-state index contributed by atoms with van der Waals surface area (Å²) in [4.78, 5) is 12.4. The number of ether oxygens (including phenoxy) is 1. The van der Waals surface area contributed by atoms with Gasteiger partial charge in [0.2, 0.25) is 0 Å². The molecule has 0 fully saturated rings. The number of anilines is 2. The van der Waals surface area contributed by atoms with Gasteiger partial charge in [0.15, 0.2) is 0 Å². The van der Waals surface area contributed by atoms with Crippen LogP contribution in [0.15, 0.2) is 53.1 Å². The summed E-state index contributed by atoms with van der Waals surface area (Å²) in [6, 6.07) is 12.3. The first-order valence-electron chi connectivity index (χ1n) is 8.64. The number of nitrogens with zero attached hydrogens (tertiary/aromatic N) is 2. The molecule has 2 aromatic carbocycles. The Kier molecular flexibility index (Phi) is 6.26. The lowest BCUT2D eigenvalue weighted by Gasteiger charge is -2.16. The summed E-state index contributed by atoms with van der Waals surface area (Å²) in [5, 5.41) is 10.5. The van der Waals surface area contributed by atoms with Gasteiger partial charge in [0, 0.05) is 17.3 Å². The summed E-state index contributed by atoms with van der Waals surface area (Å²) in [7, 11) is 1.61. The van der Waals surface area contributed by atoms with Gasteiger partial charge in [0.25, 0.3) is 0 Å². The fourth-order valence-corrected chi connectivity index (χ4v) is 3.47.